The summed E-state index contributed by atoms with van der Waals surface area (Å²) in [5.41, 5.74) is 5.60. The number of esters is 1. The number of carbonyl (C=O) groups excluding carboxylic acids is 3. The van der Waals surface area contributed by atoms with Crippen molar-refractivity contribution in [2.45, 2.75) is 12.8 Å². The zero-order valence-electron chi connectivity index (χ0n) is 13.0. The van der Waals surface area contributed by atoms with Crippen molar-refractivity contribution >= 4 is 17.8 Å². The van der Waals surface area contributed by atoms with Crippen molar-refractivity contribution in [3.63, 3.8) is 0 Å². The van der Waals surface area contributed by atoms with E-state index in [1.165, 1.54) is 7.11 Å². The molecule has 0 aromatic heterocycles. The molecular weight excluding hydrogens is 300 g/mol. The lowest BCUT2D eigenvalue weighted by molar-refractivity contribution is -0.137. The third kappa shape index (κ3) is 4.45. The Labute approximate surface area is 134 Å². The minimum absolute atomic E-state index is 0.180. The van der Waals surface area contributed by atoms with E-state index in [0.717, 1.165) is 0 Å². The van der Waals surface area contributed by atoms with Crippen LogP contribution in [0.3, 0.4) is 0 Å². The smallest absolute Gasteiger partial charge is 0.338 e. The Morgan fingerprint density at radius 3 is 2.30 bits per heavy atom. The quantitative estimate of drug-likeness (QED) is 0.800. The third-order valence-corrected chi connectivity index (χ3v) is 3.90. The zero-order valence-corrected chi connectivity index (χ0v) is 13.0. The molecule has 0 bridgehead atoms. The van der Waals surface area contributed by atoms with E-state index in [-0.39, 0.29) is 24.3 Å². The van der Waals surface area contributed by atoms with Crippen LogP contribution in [0.5, 0.6) is 5.75 Å². The average Bonchev–Trinajstić information content (AvgIpc) is 2.59. The Bertz CT molecular complexity index is 577. The third-order valence-electron chi connectivity index (χ3n) is 3.90. The van der Waals surface area contributed by atoms with Gasteiger partial charge in [-0.05, 0) is 37.1 Å². The highest BCUT2D eigenvalue weighted by atomic mass is 16.5. The monoisotopic (exact) mass is 320 g/mol. The molecule has 1 fully saturated rings. The van der Waals surface area contributed by atoms with Crippen LogP contribution in [-0.2, 0) is 14.3 Å². The van der Waals surface area contributed by atoms with Gasteiger partial charge in [-0.1, -0.05) is 0 Å². The number of hydrogen-bond acceptors (Lipinski definition) is 5. The number of nitrogens with two attached hydrogens (primary N) is 1. The maximum atomic E-state index is 12.0. The van der Waals surface area contributed by atoms with Gasteiger partial charge >= 0.3 is 5.97 Å². The van der Waals surface area contributed by atoms with Gasteiger partial charge in [-0.25, -0.2) is 4.79 Å². The molecule has 0 atom stereocenters. The fourth-order valence-corrected chi connectivity index (χ4v) is 2.44. The van der Waals surface area contributed by atoms with Crippen molar-refractivity contribution in [1.82, 2.24) is 4.90 Å². The molecule has 0 spiro atoms. The minimum atomic E-state index is -0.562. The Kier molecular flexibility index (Phi) is 5.56. The predicted molar refractivity (Wildman–Crippen MR) is 81.8 cm³/mol. The summed E-state index contributed by atoms with van der Waals surface area (Å²) >= 11 is 0. The highest BCUT2D eigenvalue weighted by Gasteiger charge is 2.26. The molecule has 0 unspecified atom stereocenters. The fourth-order valence-electron chi connectivity index (χ4n) is 2.44. The summed E-state index contributed by atoms with van der Waals surface area (Å²) in [5.74, 6) is -0.707. The molecule has 1 aliphatic heterocycles. The molecule has 1 aromatic carbocycles. The van der Waals surface area contributed by atoms with Gasteiger partial charge in [-0.15, -0.1) is 0 Å². The van der Waals surface area contributed by atoms with Crippen LogP contribution in [0, 0.1) is 5.92 Å². The second-order valence-electron chi connectivity index (χ2n) is 5.36. The standard InChI is InChI=1S/C16H20N2O5/c1-22-13-4-2-12(3-5-13)16(21)23-10-14(19)18-8-6-11(7-9-18)15(17)20/h2-5,11H,6-10H2,1H3,(H2,17,20). The number of benzene rings is 1. The molecule has 23 heavy (non-hydrogen) atoms. The van der Waals surface area contributed by atoms with Crippen LogP contribution in [-0.4, -0.2) is 49.5 Å². The molecule has 2 rings (SSSR count). The summed E-state index contributed by atoms with van der Waals surface area (Å²) < 4.78 is 10.0. The lowest BCUT2D eigenvalue weighted by atomic mass is 9.96. The summed E-state index contributed by atoms with van der Waals surface area (Å²) in [4.78, 5) is 36.6. The van der Waals surface area contributed by atoms with E-state index in [1.807, 2.05) is 0 Å². The van der Waals surface area contributed by atoms with Gasteiger partial charge in [0.2, 0.25) is 5.91 Å². The number of hydrogen-bond donors (Lipinski definition) is 1. The van der Waals surface area contributed by atoms with Crippen LogP contribution in [0.25, 0.3) is 0 Å². The second-order valence-corrected chi connectivity index (χ2v) is 5.36. The normalized spacial score (nSPS) is 15.1. The minimum Gasteiger partial charge on any atom is -0.497 e. The Morgan fingerprint density at radius 1 is 1.17 bits per heavy atom. The fraction of sp³-hybridized carbons (Fsp3) is 0.438. The highest BCUT2D eigenvalue weighted by Crippen LogP contribution is 2.17. The number of likely N-dealkylation sites (tertiary alicyclic amines) is 1. The zero-order chi connectivity index (χ0) is 16.8. The van der Waals surface area contributed by atoms with E-state index in [0.29, 0.717) is 37.2 Å². The first-order valence-corrected chi connectivity index (χ1v) is 7.39. The van der Waals surface area contributed by atoms with Gasteiger partial charge in [-0.2, -0.15) is 0 Å². The Hall–Kier alpha value is -2.57. The Balaban J connectivity index is 1.79. The topological polar surface area (TPSA) is 98.9 Å². The summed E-state index contributed by atoms with van der Waals surface area (Å²) in [6.45, 7) is 0.588. The molecule has 1 aliphatic rings. The number of carbonyl (C=O) groups is 3. The summed E-state index contributed by atoms with van der Waals surface area (Å²) in [6, 6.07) is 6.44. The van der Waals surface area contributed by atoms with Gasteiger partial charge in [-0.3, -0.25) is 9.59 Å². The first-order valence-electron chi connectivity index (χ1n) is 7.39. The molecular formula is C16H20N2O5. The summed E-state index contributed by atoms with van der Waals surface area (Å²) in [5, 5.41) is 0. The van der Waals surface area contributed by atoms with Crippen molar-refractivity contribution in [2.75, 3.05) is 26.8 Å². The number of ether oxygens (including phenoxy) is 2. The number of primary amides is 1. The van der Waals surface area contributed by atoms with Crippen LogP contribution in [0.4, 0.5) is 0 Å². The van der Waals surface area contributed by atoms with E-state index < -0.39 is 5.97 Å². The first-order chi connectivity index (χ1) is 11.0. The molecule has 2 amide bonds. The van der Waals surface area contributed by atoms with E-state index >= 15 is 0 Å². The predicted octanol–water partition coefficient (Wildman–Crippen LogP) is 0.576. The average molecular weight is 320 g/mol. The largest absolute Gasteiger partial charge is 0.497 e. The van der Waals surface area contributed by atoms with Crippen LogP contribution in [0.2, 0.25) is 0 Å². The van der Waals surface area contributed by atoms with Crippen LogP contribution in [0.15, 0.2) is 24.3 Å². The molecule has 7 nitrogen and oxygen atoms in total. The maximum absolute atomic E-state index is 12.0. The van der Waals surface area contributed by atoms with E-state index in [2.05, 4.69) is 0 Å². The van der Waals surface area contributed by atoms with E-state index in [4.69, 9.17) is 15.2 Å². The van der Waals surface area contributed by atoms with Crippen molar-refractivity contribution in [2.24, 2.45) is 11.7 Å². The van der Waals surface area contributed by atoms with E-state index in [1.54, 1.807) is 29.2 Å². The van der Waals surface area contributed by atoms with E-state index in [9.17, 15) is 14.4 Å². The lowest BCUT2D eigenvalue weighted by Crippen LogP contribution is -2.43. The molecule has 124 valence electrons. The Morgan fingerprint density at radius 2 is 1.78 bits per heavy atom. The second kappa shape index (κ2) is 7.62. The van der Waals surface area contributed by atoms with Gasteiger partial charge < -0.3 is 20.1 Å². The first kappa shape index (κ1) is 16.8. The van der Waals surface area contributed by atoms with Gasteiger partial charge in [0.15, 0.2) is 6.61 Å². The number of methoxy groups -OCH3 is 1. The molecule has 0 radical (unpaired) electrons. The molecule has 1 heterocycles. The van der Waals surface area contributed by atoms with Crippen molar-refractivity contribution in [3.8, 4) is 5.75 Å². The summed E-state index contributed by atoms with van der Waals surface area (Å²) in [6.07, 6.45) is 1.10. The van der Waals surface area contributed by atoms with Crippen molar-refractivity contribution in [1.29, 1.82) is 0 Å². The van der Waals surface area contributed by atoms with Crippen molar-refractivity contribution < 1.29 is 23.9 Å². The number of rotatable bonds is 5. The van der Waals surface area contributed by atoms with Crippen LogP contribution in [0.1, 0.15) is 23.2 Å². The lowest BCUT2D eigenvalue weighted by Gasteiger charge is -2.30. The van der Waals surface area contributed by atoms with Crippen LogP contribution < -0.4 is 10.5 Å². The van der Waals surface area contributed by atoms with Gasteiger partial charge in [0.25, 0.3) is 5.91 Å². The number of piperidine rings is 1. The molecule has 0 saturated carbocycles. The molecule has 0 aliphatic carbocycles. The van der Waals surface area contributed by atoms with Crippen LogP contribution >= 0.6 is 0 Å². The molecule has 7 heteroatoms. The summed E-state index contributed by atoms with van der Waals surface area (Å²) in [7, 11) is 1.54. The van der Waals surface area contributed by atoms with Gasteiger partial charge in [0, 0.05) is 19.0 Å². The van der Waals surface area contributed by atoms with Crippen molar-refractivity contribution in [3.05, 3.63) is 29.8 Å². The SMILES string of the molecule is COc1ccc(C(=O)OCC(=O)N2CCC(C(N)=O)CC2)cc1. The number of nitrogens with zero attached hydrogens (tertiary/aromatic N) is 1. The maximum Gasteiger partial charge on any atom is 0.338 e. The van der Waals surface area contributed by atoms with Gasteiger partial charge in [0.05, 0.1) is 12.7 Å². The molecule has 1 aromatic rings. The number of amides is 2. The molecule has 1 saturated heterocycles. The highest BCUT2D eigenvalue weighted by molar-refractivity contribution is 5.91. The van der Waals surface area contributed by atoms with Gasteiger partial charge in [0.1, 0.15) is 5.75 Å². The molecule has 2 N–H and O–H groups in total.